The minimum Gasteiger partial charge on any atom is -0.466 e. The molecule has 8 heteroatoms. The monoisotopic (exact) mass is 370 g/mol. The molecule has 8 nitrogen and oxygen atoms in total. The number of carbonyl (C=O) groups excluding carboxylic acids is 1. The number of ether oxygens (including phenoxy) is 1. The molecule has 0 aliphatic heterocycles. The van der Waals surface area contributed by atoms with Gasteiger partial charge in [0.05, 0.1) is 29.3 Å². The minimum atomic E-state index is -0.459. The number of nitro benzene ring substituents is 1. The van der Waals surface area contributed by atoms with Crippen LogP contribution in [-0.2, 0) is 9.53 Å². The highest BCUT2D eigenvalue weighted by Gasteiger charge is 2.07. The number of benzene rings is 2. The van der Waals surface area contributed by atoms with Crippen molar-refractivity contribution in [2.24, 2.45) is 10.2 Å². The number of hydrogen-bond acceptors (Lipinski definition) is 7. The molecule has 2 aromatic carbocycles. The summed E-state index contributed by atoms with van der Waals surface area (Å²) in [4.78, 5) is 23.7. The molecular formula is C19H22N4O4. The van der Waals surface area contributed by atoms with Crippen molar-refractivity contribution in [3.63, 3.8) is 0 Å². The summed E-state index contributed by atoms with van der Waals surface area (Å²) < 4.78 is 5.06. The number of nitro groups is 1. The van der Waals surface area contributed by atoms with Gasteiger partial charge >= 0.3 is 5.97 Å². The van der Waals surface area contributed by atoms with Gasteiger partial charge < -0.3 is 9.64 Å². The molecule has 0 atom stereocenters. The molecule has 0 aromatic heterocycles. The second-order valence-corrected chi connectivity index (χ2v) is 5.88. The van der Waals surface area contributed by atoms with Gasteiger partial charge in [0.15, 0.2) is 0 Å². The molecule has 0 aliphatic carbocycles. The van der Waals surface area contributed by atoms with Crippen molar-refractivity contribution < 1.29 is 14.5 Å². The van der Waals surface area contributed by atoms with Crippen LogP contribution < -0.4 is 4.90 Å². The summed E-state index contributed by atoms with van der Waals surface area (Å²) in [5, 5.41) is 18.8. The second kappa shape index (κ2) is 10.0. The molecule has 0 N–H and O–H groups in total. The number of esters is 1. The fourth-order valence-electron chi connectivity index (χ4n) is 2.21. The largest absolute Gasteiger partial charge is 0.466 e. The number of non-ortho nitro benzene ring substituents is 1. The maximum absolute atomic E-state index is 11.6. The number of hydrogen-bond donors (Lipinski definition) is 0. The summed E-state index contributed by atoms with van der Waals surface area (Å²) in [6.07, 6.45) is 1.15. The summed E-state index contributed by atoms with van der Waals surface area (Å²) in [6, 6.07) is 13.3. The van der Waals surface area contributed by atoms with Crippen molar-refractivity contribution in [2.45, 2.75) is 19.8 Å². The normalized spacial score (nSPS) is 10.7. The van der Waals surface area contributed by atoms with E-state index in [9.17, 15) is 14.9 Å². The van der Waals surface area contributed by atoms with E-state index in [0.717, 1.165) is 12.1 Å². The molecule has 0 unspecified atom stereocenters. The Labute approximate surface area is 157 Å². The maximum Gasteiger partial charge on any atom is 0.307 e. The zero-order valence-corrected chi connectivity index (χ0v) is 15.4. The molecule has 2 aromatic rings. The van der Waals surface area contributed by atoms with Gasteiger partial charge in [-0.1, -0.05) is 6.92 Å². The van der Waals surface area contributed by atoms with E-state index in [4.69, 9.17) is 4.74 Å². The molecule has 0 spiro atoms. The molecule has 0 radical (unpaired) electrons. The Morgan fingerprint density at radius 2 is 1.63 bits per heavy atom. The first kappa shape index (κ1) is 20.0. The zero-order valence-electron chi connectivity index (χ0n) is 15.4. The third kappa shape index (κ3) is 6.50. The molecule has 142 valence electrons. The number of rotatable bonds is 9. The van der Waals surface area contributed by atoms with Gasteiger partial charge in [-0.05, 0) is 42.8 Å². The minimum absolute atomic E-state index is 0.0138. The average Bonchev–Trinajstić information content (AvgIpc) is 2.69. The molecule has 27 heavy (non-hydrogen) atoms. The van der Waals surface area contributed by atoms with Crippen molar-refractivity contribution in [1.29, 1.82) is 0 Å². The van der Waals surface area contributed by atoms with E-state index in [0.29, 0.717) is 30.9 Å². The summed E-state index contributed by atoms with van der Waals surface area (Å²) >= 11 is 0. The van der Waals surface area contributed by atoms with Crippen LogP contribution in [0.1, 0.15) is 19.8 Å². The van der Waals surface area contributed by atoms with Gasteiger partial charge in [-0.15, -0.1) is 0 Å². The molecule has 0 aliphatic rings. The molecule has 0 fully saturated rings. The topological polar surface area (TPSA) is 97.4 Å². The first-order chi connectivity index (χ1) is 13.0. The van der Waals surface area contributed by atoms with Crippen molar-refractivity contribution in [2.75, 3.05) is 25.1 Å². The van der Waals surface area contributed by atoms with E-state index >= 15 is 0 Å². The Bertz CT molecular complexity index is 788. The average molecular weight is 370 g/mol. The Kier molecular flexibility index (Phi) is 7.42. The highest BCUT2D eigenvalue weighted by atomic mass is 16.6. The molecule has 0 heterocycles. The first-order valence-electron chi connectivity index (χ1n) is 8.62. The summed E-state index contributed by atoms with van der Waals surface area (Å²) in [7, 11) is 1.90. The molecular weight excluding hydrogens is 348 g/mol. The van der Waals surface area contributed by atoms with Crippen LogP contribution in [0.25, 0.3) is 0 Å². The SMILES string of the molecule is CCCOC(=O)CCN(C)c1ccc(N=Nc2ccc([N+](=O)[O-])cc2)cc1. The van der Waals surface area contributed by atoms with Crippen LogP contribution in [0.2, 0.25) is 0 Å². The van der Waals surface area contributed by atoms with Crippen LogP contribution in [0, 0.1) is 10.1 Å². The Morgan fingerprint density at radius 3 is 2.15 bits per heavy atom. The summed E-state index contributed by atoms with van der Waals surface area (Å²) in [5.74, 6) is -0.197. The van der Waals surface area contributed by atoms with Crippen molar-refractivity contribution >= 4 is 28.7 Å². The lowest BCUT2D eigenvalue weighted by Crippen LogP contribution is -2.22. The third-order valence-corrected chi connectivity index (χ3v) is 3.75. The van der Waals surface area contributed by atoms with E-state index in [1.165, 1.54) is 12.1 Å². The number of carbonyl (C=O) groups is 1. The smallest absolute Gasteiger partial charge is 0.307 e. The molecule has 2 rings (SSSR count). The number of azo groups is 1. The van der Waals surface area contributed by atoms with Gasteiger partial charge in [-0.3, -0.25) is 14.9 Å². The van der Waals surface area contributed by atoms with Gasteiger partial charge in [0.25, 0.3) is 5.69 Å². The standard InChI is InChI=1S/C19H22N4O4/c1-3-14-27-19(24)12-13-22(2)17-8-4-15(5-9-17)20-21-16-6-10-18(11-7-16)23(25)26/h4-11H,3,12-14H2,1-2H3. The summed E-state index contributed by atoms with van der Waals surface area (Å²) in [5.41, 5.74) is 2.16. The quantitative estimate of drug-likeness (QED) is 0.273. The van der Waals surface area contributed by atoms with E-state index in [-0.39, 0.29) is 11.7 Å². The van der Waals surface area contributed by atoms with Crippen LogP contribution in [0.3, 0.4) is 0 Å². The maximum atomic E-state index is 11.6. The second-order valence-electron chi connectivity index (χ2n) is 5.88. The Hall–Kier alpha value is -3.29. The van der Waals surface area contributed by atoms with Gasteiger partial charge in [0, 0.05) is 31.4 Å². The Balaban J connectivity index is 1.90. The van der Waals surface area contributed by atoms with E-state index in [2.05, 4.69) is 10.2 Å². The van der Waals surface area contributed by atoms with Gasteiger partial charge in [0.2, 0.25) is 0 Å². The fourth-order valence-corrected chi connectivity index (χ4v) is 2.21. The molecule has 0 bridgehead atoms. The van der Waals surface area contributed by atoms with Crippen LogP contribution in [0.4, 0.5) is 22.7 Å². The third-order valence-electron chi connectivity index (χ3n) is 3.75. The van der Waals surface area contributed by atoms with Gasteiger partial charge in [0.1, 0.15) is 0 Å². The Morgan fingerprint density at radius 1 is 1.07 bits per heavy atom. The van der Waals surface area contributed by atoms with Crippen molar-refractivity contribution in [3.8, 4) is 0 Å². The predicted octanol–water partition coefficient (Wildman–Crippen LogP) is 4.79. The van der Waals surface area contributed by atoms with Crippen molar-refractivity contribution in [1.82, 2.24) is 0 Å². The van der Waals surface area contributed by atoms with Crippen LogP contribution in [-0.4, -0.2) is 31.1 Å². The lowest BCUT2D eigenvalue weighted by atomic mass is 10.2. The predicted molar refractivity (Wildman–Crippen MR) is 103 cm³/mol. The van der Waals surface area contributed by atoms with E-state index in [1.54, 1.807) is 12.1 Å². The lowest BCUT2D eigenvalue weighted by Gasteiger charge is -2.18. The molecule has 0 saturated carbocycles. The fraction of sp³-hybridized carbons (Fsp3) is 0.316. The highest BCUT2D eigenvalue weighted by molar-refractivity contribution is 5.70. The lowest BCUT2D eigenvalue weighted by molar-refractivity contribution is -0.384. The number of nitrogens with zero attached hydrogens (tertiary/aromatic N) is 4. The van der Waals surface area contributed by atoms with Gasteiger partial charge in [-0.25, -0.2) is 0 Å². The number of anilines is 1. The van der Waals surface area contributed by atoms with Crippen molar-refractivity contribution in [3.05, 3.63) is 58.6 Å². The molecule has 0 saturated heterocycles. The first-order valence-corrected chi connectivity index (χ1v) is 8.62. The van der Waals surface area contributed by atoms with E-state index < -0.39 is 4.92 Å². The molecule has 0 amide bonds. The zero-order chi connectivity index (χ0) is 19.6. The highest BCUT2D eigenvalue weighted by Crippen LogP contribution is 2.23. The summed E-state index contributed by atoms with van der Waals surface area (Å²) in [6.45, 7) is 2.98. The van der Waals surface area contributed by atoms with Gasteiger partial charge in [-0.2, -0.15) is 10.2 Å². The van der Waals surface area contributed by atoms with Crippen LogP contribution in [0.15, 0.2) is 58.8 Å². The van der Waals surface area contributed by atoms with E-state index in [1.807, 2.05) is 43.1 Å². The van der Waals surface area contributed by atoms with Crippen LogP contribution in [0.5, 0.6) is 0 Å². The van der Waals surface area contributed by atoms with Crippen LogP contribution >= 0.6 is 0 Å².